The zero-order valence-electron chi connectivity index (χ0n) is 18.8. The Hall–Kier alpha value is -2.34. The number of hydroxylamine groups is 1. The number of aryl methyl sites for hydroxylation is 1. The van der Waals surface area contributed by atoms with Crippen LogP contribution in [0.2, 0.25) is 0 Å². The smallest absolute Gasteiger partial charge is 0.268 e. The number of rotatable bonds is 9. The van der Waals surface area contributed by atoms with Crippen molar-refractivity contribution in [2.45, 2.75) is 76.8 Å². The molecule has 4 fully saturated rings. The number of para-hydroxylation sites is 1. The minimum atomic E-state index is -0.329. The van der Waals surface area contributed by atoms with E-state index in [0.29, 0.717) is 24.3 Å². The van der Waals surface area contributed by atoms with Gasteiger partial charge in [-0.15, -0.1) is 0 Å². The molecule has 0 atom stereocenters. The number of benzene rings is 1. The van der Waals surface area contributed by atoms with Crippen LogP contribution in [0.1, 0.15) is 74.7 Å². The van der Waals surface area contributed by atoms with Crippen LogP contribution in [-0.2, 0) is 11.3 Å². The largest absolute Gasteiger partial charge is 0.347 e. The number of hydrogen-bond donors (Lipinski definition) is 3. The number of aromatic nitrogens is 1. The monoisotopic (exact) mass is 437 g/mol. The fourth-order valence-corrected chi connectivity index (χ4v) is 6.99. The summed E-state index contributed by atoms with van der Waals surface area (Å²) in [6.45, 7) is 0.796. The normalized spacial score (nSPS) is 28.2. The molecule has 1 aromatic carbocycles. The third kappa shape index (κ3) is 4.29. The fourth-order valence-electron chi connectivity index (χ4n) is 6.99. The highest BCUT2D eigenvalue weighted by molar-refractivity contribution is 5.99. The molecule has 172 valence electrons. The van der Waals surface area contributed by atoms with E-state index in [4.69, 9.17) is 5.21 Å². The van der Waals surface area contributed by atoms with Crippen molar-refractivity contribution < 1.29 is 14.8 Å². The number of nitrogens with zero attached hydrogens (tertiary/aromatic N) is 1. The van der Waals surface area contributed by atoms with Gasteiger partial charge in [0, 0.05) is 29.9 Å². The maximum atomic E-state index is 13.5. The lowest BCUT2D eigenvalue weighted by Crippen LogP contribution is -2.56. The summed E-state index contributed by atoms with van der Waals surface area (Å²) in [4.78, 5) is 24.6. The van der Waals surface area contributed by atoms with Crippen LogP contribution in [-0.4, -0.2) is 27.6 Å². The Morgan fingerprint density at radius 3 is 2.34 bits per heavy atom. The predicted octanol–water partition coefficient (Wildman–Crippen LogP) is 4.65. The molecule has 6 nitrogen and oxygen atoms in total. The molecule has 2 amide bonds. The molecule has 4 aliphatic carbocycles. The van der Waals surface area contributed by atoms with Crippen molar-refractivity contribution in [3.63, 3.8) is 0 Å². The fraction of sp³-hybridized carbons (Fsp3) is 0.615. The van der Waals surface area contributed by atoms with Crippen LogP contribution in [0.4, 0.5) is 0 Å². The van der Waals surface area contributed by atoms with Gasteiger partial charge in [0.2, 0.25) is 5.91 Å². The molecule has 4 aliphatic rings. The van der Waals surface area contributed by atoms with Crippen LogP contribution in [0.25, 0.3) is 10.9 Å². The van der Waals surface area contributed by atoms with Crippen molar-refractivity contribution >= 4 is 22.7 Å². The van der Waals surface area contributed by atoms with E-state index < -0.39 is 0 Å². The third-order valence-corrected chi connectivity index (χ3v) is 8.23. The zero-order valence-corrected chi connectivity index (χ0v) is 18.8. The minimum absolute atomic E-state index is 0.0818. The van der Waals surface area contributed by atoms with Crippen LogP contribution < -0.4 is 10.8 Å². The van der Waals surface area contributed by atoms with Crippen LogP contribution in [0, 0.1) is 23.7 Å². The van der Waals surface area contributed by atoms with Crippen molar-refractivity contribution in [2.75, 3.05) is 0 Å². The van der Waals surface area contributed by atoms with E-state index in [0.717, 1.165) is 60.7 Å². The van der Waals surface area contributed by atoms with Crippen molar-refractivity contribution in [3.8, 4) is 0 Å². The van der Waals surface area contributed by atoms with Gasteiger partial charge in [-0.25, -0.2) is 5.48 Å². The Bertz CT molecular complexity index is 954. The molecule has 0 saturated heterocycles. The van der Waals surface area contributed by atoms with Crippen LogP contribution in [0.3, 0.4) is 0 Å². The SMILES string of the molecule is O=C(CCCCCCn1c(C(=O)NC2C3CC4CC(C3)CC2C4)cc2ccccc21)NO. The first-order chi connectivity index (χ1) is 15.6. The van der Waals surface area contributed by atoms with E-state index in [-0.39, 0.29) is 11.8 Å². The number of carbonyl (C=O) groups is 2. The number of hydrogen-bond acceptors (Lipinski definition) is 3. The minimum Gasteiger partial charge on any atom is -0.347 e. The molecule has 3 N–H and O–H groups in total. The van der Waals surface area contributed by atoms with E-state index in [1.165, 1.54) is 32.1 Å². The molecule has 6 heteroatoms. The van der Waals surface area contributed by atoms with Gasteiger partial charge in [-0.2, -0.15) is 0 Å². The first kappa shape index (κ1) is 21.5. The number of unbranched alkanes of at least 4 members (excludes halogenated alkanes) is 3. The topological polar surface area (TPSA) is 83.4 Å². The van der Waals surface area contributed by atoms with Gasteiger partial charge in [0.15, 0.2) is 0 Å². The maximum Gasteiger partial charge on any atom is 0.268 e. The number of amides is 2. The highest BCUT2D eigenvalue weighted by Gasteiger charge is 2.48. The highest BCUT2D eigenvalue weighted by Crippen LogP contribution is 2.53. The van der Waals surface area contributed by atoms with Crippen LogP contribution in [0.5, 0.6) is 0 Å². The lowest BCUT2D eigenvalue weighted by atomic mass is 9.54. The summed E-state index contributed by atoms with van der Waals surface area (Å²) in [6.07, 6.45) is 10.6. The van der Waals surface area contributed by atoms with Gasteiger partial charge in [-0.1, -0.05) is 31.0 Å². The summed E-state index contributed by atoms with van der Waals surface area (Å²) in [5.74, 6) is 2.90. The summed E-state index contributed by atoms with van der Waals surface area (Å²) < 4.78 is 2.18. The summed E-state index contributed by atoms with van der Waals surface area (Å²) in [7, 11) is 0. The Morgan fingerprint density at radius 1 is 0.938 bits per heavy atom. The third-order valence-electron chi connectivity index (χ3n) is 8.23. The Kier molecular flexibility index (Phi) is 6.22. The van der Waals surface area contributed by atoms with E-state index >= 15 is 0 Å². The second-order valence-corrected chi connectivity index (χ2v) is 10.4. The van der Waals surface area contributed by atoms with E-state index in [9.17, 15) is 9.59 Å². The lowest BCUT2D eigenvalue weighted by molar-refractivity contribution is -0.129. The Balaban J connectivity index is 1.25. The average Bonchev–Trinajstić information content (AvgIpc) is 3.16. The standard InChI is InChI=1S/C26H35N3O3/c30-24(28-32)9-3-1-2-6-10-29-22-8-5-4-7-19(22)16-23(29)26(31)27-25-20-12-17-11-18(14-20)15-21(25)13-17/h4-5,7-8,16-18,20-21,25,32H,1-3,6,9-15H2,(H,27,31)(H,28,30). The number of nitrogens with one attached hydrogen (secondary N) is 2. The van der Waals surface area contributed by atoms with E-state index in [1.807, 2.05) is 18.2 Å². The van der Waals surface area contributed by atoms with E-state index in [2.05, 4.69) is 22.0 Å². The average molecular weight is 438 g/mol. The van der Waals surface area contributed by atoms with Gasteiger partial charge in [0.25, 0.3) is 5.91 Å². The van der Waals surface area contributed by atoms with Crippen molar-refractivity contribution in [1.82, 2.24) is 15.4 Å². The molecule has 0 aliphatic heterocycles. The molecule has 0 spiro atoms. The maximum absolute atomic E-state index is 13.5. The van der Waals surface area contributed by atoms with Crippen LogP contribution in [0.15, 0.2) is 30.3 Å². The first-order valence-corrected chi connectivity index (χ1v) is 12.4. The van der Waals surface area contributed by atoms with Crippen molar-refractivity contribution in [2.24, 2.45) is 23.7 Å². The van der Waals surface area contributed by atoms with Crippen molar-refractivity contribution in [1.29, 1.82) is 0 Å². The van der Waals surface area contributed by atoms with Gasteiger partial charge in [-0.05, 0) is 80.8 Å². The molecule has 4 bridgehead atoms. The second kappa shape index (κ2) is 9.26. The van der Waals surface area contributed by atoms with Gasteiger partial charge in [0.1, 0.15) is 5.69 Å². The quantitative estimate of drug-likeness (QED) is 0.303. The van der Waals surface area contributed by atoms with Gasteiger partial charge < -0.3 is 9.88 Å². The Morgan fingerprint density at radius 2 is 1.62 bits per heavy atom. The number of carbonyl (C=O) groups excluding carboxylic acids is 2. The molecular weight excluding hydrogens is 402 g/mol. The second-order valence-electron chi connectivity index (χ2n) is 10.4. The van der Waals surface area contributed by atoms with Gasteiger partial charge >= 0.3 is 0 Å². The molecule has 1 heterocycles. The molecule has 0 unspecified atom stereocenters. The summed E-state index contributed by atoms with van der Waals surface area (Å²) in [5, 5.41) is 13.2. The van der Waals surface area contributed by atoms with Gasteiger partial charge in [0.05, 0.1) is 0 Å². The molecule has 4 saturated carbocycles. The molecular formula is C26H35N3O3. The summed E-state index contributed by atoms with van der Waals surface area (Å²) >= 11 is 0. The number of fused-ring (bicyclic) bond motifs is 1. The highest BCUT2D eigenvalue weighted by atomic mass is 16.5. The lowest BCUT2D eigenvalue weighted by Gasteiger charge is -2.54. The first-order valence-electron chi connectivity index (χ1n) is 12.4. The zero-order chi connectivity index (χ0) is 22.1. The van der Waals surface area contributed by atoms with E-state index in [1.54, 1.807) is 5.48 Å². The van der Waals surface area contributed by atoms with Crippen LogP contribution >= 0.6 is 0 Å². The van der Waals surface area contributed by atoms with Crippen molar-refractivity contribution in [3.05, 3.63) is 36.0 Å². The molecule has 32 heavy (non-hydrogen) atoms. The summed E-state index contributed by atoms with van der Waals surface area (Å²) in [5.41, 5.74) is 3.57. The molecule has 6 rings (SSSR count). The molecule has 1 aromatic heterocycles. The summed E-state index contributed by atoms with van der Waals surface area (Å²) in [6, 6.07) is 10.6. The predicted molar refractivity (Wildman–Crippen MR) is 123 cm³/mol. The molecule has 2 aromatic rings. The Labute approximate surface area is 189 Å². The van der Waals surface area contributed by atoms with Gasteiger partial charge in [-0.3, -0.25) is 14.8 Å². The molecule has 0 radical (unpaired) electrons.